The van der Waals surface area contributed by atoms with Gasteiger partial charge in [-0.05, 0) is 47.9 Å². The number of likely N-dealkylation sites (tertiary alicyclic amines) is 1. The van der Waals surface area contributed by atoms with E-state index in [0.29, 0.717) is 31.0 Å². The van der Waals surface area contributed by atoms with Gasteiger partial charge in [0.15, 0.2) is 0 Å². The molecule has 0 aliphatic carbocycles. The monoisotopic (exact) mass is 449 g/mol. The van der Waals surface area contributed by atoms with Crippen molar-refractivity contribution < 1.29 is 14.3 Å². The van der Waals surface area contributed by atoms with Crippen LogP contribution in [0.4, 0.5) is 0 Å². The van der Waals surface area contributed by atoms with Crippen LogP contribution in [0.5, 0.6) is 5.88 Å². The molecule has 32 heavy (non-hydrogen) atoms. The SMILES string of the molecule is CNC(=O)C1(Cc2ccc(-c3cccs3)cc2)CCCN(C(=O)c2ccc(OC)nc2)C1. The molecule has 166 valence electrons. The van der Waals surface area contributed by atoms with Crippen LogP contribution < -0.4 is 10.1 Å². The Kier molecular flexibility index (Phi) is 6.55. The summed E-state index contributed by atoms with van der Waals surface area (Å²) in [5.41, 5.74) is 2.10. The van der Waals surface area contributed by atoms with E-state index in [1.165, 1.54) is 16.6 Å². The van der Waals surface area contributed by atoms with Gasteiger partial charge in [0.2, 0.25) is 11.8 Å². The number of ether oxygens (including phenoxy) is 1. The number of methoxy groups -OCH3 is 1. The molecule has 0 saturated carbocycles. The number of amides is 2. The van der Waals surface area contributed by atoms with Crippen LogP contribution in [0.2, 0.25) is 0 Å². The van der Waals surface area contributed by atoms with Crippen LogP contribution in [-0.2, 0) is 11.2 Å². The third-order valence-electron chi connectivity index (χ3n) is 6.07. The fourth-order valence-electron chi connectivity index (χ4n) is 4.41. The van der Waals surface area contributed by atoms with Gasteiger partial charge in [0, 0.05) is 37.3 Å². The van der Waals surface area contributed by atoms with Crippen molar-refractivity contribution in [1.82, 2.24) is 15.2 Å². The van der Waals surface area contributed by atoms with Crippen molar-refractivity contribution in [3.63, 3.8) is 0 Å². The highest BCUT2D eigenvalue weighted by Gasteiger charge is 2.43. The predicted molar refractivity (Wildman–Crippen MR) is 126 cm³/mol. The zero-order valence-corrected chi connectivity index (χ0v) is 19.2. The van der Waals surface area contributed by atoms with Crippen molar-refractivity contribution in [2.24, 2.45) is 5.41 Å². The largest absolute Gasteiger partial charge is 0.481 e. The summed E-state index contributed by atoms with van der Waals surface area (Å²) in [5.74, 6) is 0.331. The fourth-order valence-corrected chi connectivity index (χ4v) is 5.14. The van der Waals surface area contributed by atoms with E-state index in [-0.39, 0.29) is 11.8 Å². The van der Waals surface area contributed by atoms with Gasteiger partial charge in [0.25, 0.3) is 5.91 Å². The van der Waals surface area contributed by atoms with Crippen molar-refractivity contribution in [1.29, 1.82) is 0 Å². The van der Waals surface area contributed by atoms with Crippen LogP contribution in [0.3, 0.4) is 0 Å². The van der Waals surface area contributed by atoms with E-state index >= 15 is 0 Å². The maximum Gasteiger partial charge on any atom is 0.255 e. The molecule has 1 saturated heterocycles. The van der Waals surface area contributed by atoms with Crippen LogP contribution in [-0.4, -0.2) is 48.9 Å². The second-order valence-corrected chi connectivity index (χ2v) is 9.08. The Morgan fingerprint density at radius 3 is 2.62 bits per heavy atom. The first-order valence-electron chi connectivity index (χ1n) is 10.7. The lowest BCUT2D eigenvalue weighted by atomic mass is 9.74. The minimum atomic E-state index is -0.660. The molecule has 1 aromatic carbocycles. The second-order valence-electron chi connectivity index (χ2n) is 8.13. The Balaban J connectivity index is 1.55. The third kappa shape index (κ3) is 4.53. The van der Waals surface area contributed by atoms with Crippen LogP contribution >= 0.6 is 11.3 Å². The summed E-state index contributed by atoms with van der Waals surface area (Å²) in [6.07, 6.45) is 3.63. The van der Waals surface area contributed by atoms with Crippen molar-refractivity contribution in [3.8, 4) is 16.3 Å². The molecule has 1 atom stereocenters. The minimum Gasteiger partial charge on any atom is -0.481 e. The smallest absolute Gasteiger partial charge is 0.255 e. The number of rotatable bonds is 6. The zero-order chi connectivity index (χ0) is 22.6. The predicted octanol–water partition coefficient (Wildman–Crippen LogP) is 4.03. The zero-order valence-electron chi connectivity index (χ0n) is 18.3. The highest BCUT2D eigenvalue weighted by Crippen LogP contribution is 2.35. The topological polar surface area (TPSA) is 71.5 Å². The lowest BCUT2D eigenvalue weighted by Crippen LogP contribution is -2.54. The molecule has 3 heterocycles. The summed E-state index contributed by atoms with van der Waals surface area (Å²) >= 11 is 1.71. The van der Waals surface area contributed by atoms with E-state index in [0.717, 1.165) is 18.4 Å². The molecule has 0 radical (unpaired) electrons. The number of aromatic nitrogens is 1. The molecule has 2 amide bonds. The number of nitrogens with zero attached hydrogens (tertiary/aromatic N) is 2. The standard InChI is InChI=1S/C25H27N3O3S/c1-26-24(30)25(15-18-6-8-19(9-7-18)21-5-3-14-32-21)12-4-13-28(17-25)23(29)20-10-11-22(31-2)27-16-20/h3,5-11,14,16H,4,12-13,15,17H2,1-2H3,(H,26,30). The third-order valence-corrected chi connectivity index (χ3v) is 6.99. The molecule has 0 spiro atoms. The lowest BCUT2D eigenvalue weighted by molar-refractivity contribution is -0.133. The number of carbonyl (C=O) groups excluding carboxylic acids is 2. The van der Waals surface area contributed by atoms with Crippen LogP contribution in [0, 0.1) is 5.41 Å². The summed E-state index contributed by atoms with van der Waals surface area (Å²) in [4.78, 5) is 33.4. The van der Waals surface area contributed by atoms with E-state index in [1.807, 2.05) is 6.07 Å². The summed E-state index contributed by atoms with van der Waals surface area (Å²) in [6.45, 7) is 1.01. The van der Waals surface area contributed by atoms with Gasteiger partial charge >= 0.3 is 0 Å². The first kappa shape index (κ1) is 22.0. The maximum absolute atomic E-state index is 13.1. The van der Waals surface area contributed by atoms with Gasteiger partial charge in [-0.1, -0.05) is 30.3 Å². The summed E-state index contributed by atoms with van der Waals surface area (Å²) in [5, 5.41) is 4.91. The van der Waals surface area contributed by atoms with Gasteiger partial charge in [0.1, 0.15) is 0 Å². The highest BCUT2D eigenvalue weighted by atomic mass is 32.1. The van der Waals surface area contributed by atoms with Crippen LogP contribution in [0.25, 0.3) is 10.4 Å². The van der Waals surface area contributed by atoms with E-state index in [4.69, 9.17) is 4.74 Å². The van der Waals surface area contributed by atoms with E-state index in [2.05, 4.69) is 46.0 Å². The lowest BCUT2D eigenvalue weighted by Gasteiger charge is -2.41. The van der Waals surface area contributed by atoms with Gasteiger partial charge in [-0.2, -0.15) is 0 Å². The molecular weight excluding hydrogens is 422 g/mol. The van der Waals surface area contributed by atoms with Gasteiger partial charge in [-0.15, -0.1) is 11.3 Å². The van der Waals surface area contributed by atoms with Gasteiger partial charge < -0.3 is 15.0 Å². The molecule has 1 aliphatic rings. The molecule has 1 N–H and O–H groups in total. The van der Waals surface area contributed by atoms with Gasteiger partial charge in [-0.25, -0.2) is 4.98 Å². The van der Waals surface area contributed by atoms with Crippen molar-refractivity contribution in [3.05, 3.63) is 71.2 Å². The molecule has 6 nitrogen and oxygen atoms in total. The van der Waals surface area contributed by atoms with E-state index in [1.54, 1.807) is 42.5 Å². The normalized spacial score (nSPS) is 18.2. The van der Waals surface area contributed by atoms with E-state index < -0.39 is 5.41 Å². The highest BCUT2D eigenvalue weighted by molar-refractivity contribution is 7.13. The van der Waals surface area contributed by atoms with E-state index in [9.17, 15) is 9.59 Å². The Bertz CT molecular complexity index is 1060. The van der Waals surface area contributed by atoms with Crippen molar-refractivity contribution in [2.75, 3.05) is 27.2 Å². The number of hydrogen-bond donors (Lipinski definition) is 1. The molecule has 4 rings (SSSR count). The molecular formula is C25H27N3O3S. The van der Waals surface area contributed by atoms with Crippen LogP contribution in [0.1, 0.15) is 28.8 Å². The Hall–Kier alpha value is -3.19. The summed E-state index contributed by atoms with van der Waals surface area (Å²) in [7, 11) is 3.21. The van der Waals surface area contributed by atoms with Crippen molar-refractivity contribution in [2.45, 2.75) is 19.3 Å². The Labute approximate surface area is 192 Å². The quantitative estimate of drug-likeness (QED) is 0.617. The fraction of sp³-hybridized carbons (Fsp3) is 0.320. The number of thiophene rings is 1. The van der Waals surface area contributed by atoms with Gasteiger partial charge in [-0.3, -0.25) is 9.59 Å². The minimum absolute atomic E-state index is 0.0230. The molecule has 1 fully saturated rings. The summed E-state index contributed by atoms with van der Waals surface area (Å²) < 4.78 is 5.08. The number of carbonyl (C=O) groups is 2. The maximum atomic E-state index is 13.1. The second kappa shape index (κ2) is 9.53. The number of nitrogens with one attached hydrogen (secondary N) is 1. The average Bonchev–Trinajstić information content (AvgIpc) is 3.39. The number of benzene rings is 1. The molecule has 7 heteroatoms. The molecule has 3 aromatic rings. The Morgan fingerprint density at radius 2 is 2.00 bits per heavy atom. The Morgan fingerprint density at radius 1 is 1.19 bits per heavy atom. The first-order valence-corrected chi connectivity index (χ1v) is 11.6. The molecule has 1 unspecified atom stereocenters. The van der Waals surface area contributed by atoms with Crippen LogP contribution in [0.15, 0.2) is 60.1 Å². The first-order chi connectivity index (χ1) is 15.5. The number of pyridine rings is 1. The van der Waals surface area contributed by atoms with Gasteiger partial charge in [0.05, 0.1) is 18.1 Å². The molecule has 0 bridgehead atoms. The number of piperidine rings is 1. The van der Waals surface area contributed by atoms with Crippen molar-refractivity contribution >= 4 is 23.2 Å². The average molecular weight is 450 g/mol. The summed E-state index contributed by atoms with van der Waals surface area (Å²) in [6, 6.07) is 15.9. The number of hydrogen-bond acceptors (Lipinski definition) is 5. The molecule has 2 aromatic heterocycles. The molecule has 1 aliphatic heterocycles.